The highest BCUT2D eigenvalue weighted by Gasteiger charge is 1.46. The Bertz CT molecular complexity index is 14.0. The summed E-state index contributed by atoms with van der Waals surface area (Å²) in [6.45, 7) is 9.62. The van der Waals surface area contributed by atoms with Gasteiger partial charge in [-0.2, -0.15) is 0 Å². The number of hydrogen-bond donors (Lipinski definition) is 0. The van der Waals surface area contributed by atoms with Gasteiger partial charge in [-0.3, -0.25) is 0 Å². The lowest BCUT2D eigenvalue weighted by Crippen LogP contribution is -1.37. The molecule has 25 valence electrons. The molecule has 0 saturated heterocycles. The normalized spacial score (nSPS) is 5.00. The fraction of sp³-hybridized carbons (Fsp3) is 0.200. The van der Waals surface area contributed by atoms with Gasteiger partial charge >= 0.3 is 0 Å². The maximum Gasteiger partial charge on any atom is 0 e. The van der Waals surface area contributed by atoms with Gasteiger partial charge in [0.15, 0.2) is 0 Å². The van der Waals surface area contributed by atoms with Gasteiger partial charge in [-0.1, -0.05) is 6.08 Å². The third-order valence-corrected chi connectivity index (χ3v) is 0.144. The average molecular weight is 65.1 g/mol. The molecule has 0 nitrogen and oxygen atoms in total. The van der Waals surface area contributed by atoms with Gasteiger partial charge in [-0.05, 0) is 13.3 Å². The molecule has 0 aliphatic rings. The first-order valence-corrected chi connectivity index (χ1v) is 1.17. The van der Waals surface area contributed by atoms with Crippen LogP contribution in [0.25, 0.3) is 0 Å². The molecule has 7 radical (unpaired) electrons. The molecule has 0 amide bonds. The third kappa shape index (κ3) is 20.7. The Labute approximate surface area is 34.5 Å². The van der Waals surface area contributed by atoms with Crippen LogP contribution in [0, 0.1) is 14.4 Å². The minimum Gasteiger partial charge on any atom is -0.103 e. The van der Waals surface area contributed by atoms with Crippen molar-refractivity contribution < 1.29 is 0 Å². The molecule has 0 atom stereocenters. The Balaban J connectivity index is 0. The van der Waals surface area contributed by atoms with Crippen LogP contribution in [0.2, 0.25) is 0 Å². The molecule has 0 aliphatic heterocycles. The number of allylic oxidation sites excluding steroid dienone is 1. The summed E-state index contributed by atoms with van der Waals surface area (Å²) in [4.78, 5) is 0. The third-order valence-electron chi connectivity index (χ3n) is 0.144. The van der Waals surface area contributed by atoms with Crippen molar-refractivity contribution in [2.45, 2.75) is 6.42 Å². The highest BCUT2D eigenvalue weighted by Crippen LogP contribution is 1.65. The molecule has 0 N–H and O–H groups in total. The number of hydrogen-bond acceptors (Lipinski definition) is 0. The van der Waals surface area contributed by atoms with Crippen LogP contribution in [0.3, 0.4) is 0 Å². The van der Waals surface area contributed by atoms with E-state index in [1.54, 1.807) is 6.08 Å². The molecule has 5 heavy (non-hydrogen) atoms. The molecule has 0 aromatic heterocycles. The van der Waals surface area contributed by atoms with Crippen LogP contribution in [0.15, 0.2) is 12.7 Å². The van der Waals surface area contributed by atoms with Crippen LogP contribution in [-0.4, -0.2) is 0 Å². The molecule has 0 unspecified atom stereocenters. The lowest BCUT2D eigenvalue weighted by molar-refractivity contribution is 1.42. The van der Waals surface area contributed by atoms with Gasteiger partial charge in [0, 0.05) is 7.43 Å². The van der Waals surface area contributed by atoms with Crippen molar-refractivity contribution in [2.24, 2.45) is 0 Å². The minimum absolute atomic E-state index is 0. The fourth-order valence-corrected chi connectivity index (χ4v) is 0. The maximum absolute atomic E-state index is 6.33. The summed E-state index contributed by atoms with van der Waals surface area (Å²) in [5.74, 6) is 0. The van der Waals surface area contributed by atoms with Crippen LogP contribution in [0.1, 0.15) is 6.42 Å². The highest BCUT2D eigenvalue weighted by atomic mass is 13.5. The highest BCUT2D eigenvalue weighted by molar-refractivity contribution is 4.65. The monoisotopic (exact) mass is 65.0 g/mol. The smallest absolute Gasteiger partial charge is 0 e. The predicted molar refractivity (Wildman–Crippen MR) is 21.3 cm³/mol. The Morgan fingerprint density at radius 2 is 2.00 bits per heavy atom. The fourth-order valence-electron chi connectivity index (χ4n) is 0. The van der Waals surface area contributed by atoms with E-state index in [1.165, 1.54) is 0 Å². The van der Waals surface area contributed by atoms with Crippen LogP contribution in [0.4, 0.5) is 0 Å². The van der Waals surface area contributed by atoms with Crippen molar-refractivity contribution >= 4 is 0 Å². The van der Waals surface area contributed by atoms with Gasteiger partial charge in [-0.15, -0.1) is 6.58 Å². The van der Waals surface area contributed by atoms with Gasteiger partial charge in [-0.25, -0.2) is 0 Å². The Morgan fingerprint density at radius 1 is 1.80 bits per heavy atom. The van der Waals surface area contributed by atoms with E-state index in [9.17, 15) is 0 Å². The largest absolute Gasteiger partial charge is 0.103 e. The first-order valence-electron chi connectivity index (χ1n) is 1.17. The van der Waals surface area contributed by atoms with Crippen molar-refractivity contribution in [3.05, 3.63) is 27.0 Å². The van der Waals surface area contributed by atoms with Crippen molar-refractivity contribution in [1.29, 1.82) is 0 Å². The van der Waals surface area contributed by atoms with Crippen LogP contribution >= 0.6 is 0 Å². The standard InChI is InChI=1S/C4H5.C/c1-3-4-2;/h3H,1,4H2;. The van der Waals surface area contributed by atoms with E-state index in [0.29, 0.717) is 6.42 Å². The summed E-state index contributed by atoms with van der Waals surface area (Å²) in [5.41, 5.74) is 0. The summed E-state index contributed by atoms with van der Waals surface area (Å²) >= 11 is 0. The molecule has 0 aliphatic carbocycles. The van der Waals surface area contributed by atoms with Gasteiger partial charge in [0.25, 0.3) is 0 Å². The second-order valence-corrected chi connectivity index (χ2v) is 0.493. The lowest BCUT2D eigenvalue weighted by atomic mass is 10.5. The SMILES string of the molecule is [C].[C]CC=C. The minimum atomic E-state index is 0. The quantitative estimate of drug-likeness (QED) is 0.403. The molecule has 0 saturated carbocycles. The van der Waals surface area contributed by atoms with Crippen molar-refractivity contribution in [3.8, 4) is 0 Å². The zero-order valence-corrected chi connectivity index (χ0v) is 2.99. The van der Waals surface area contributed by atoms with Crippen molar-refractivity contribution in [2.75, 3.05) is 0 Å². The topological polar surface area (TPSA) is 0 Å². The molecule has 0 fully saturated rings. The van der Waals surface area contributed by atoms with E-state index in [2.05, 4.69) is 6.58 Å². The molecule has 0 rings (SSSR count). The molecule has 0 heterocycles. The molecular formula is C5H5. The molecular weight excluding hydrogens is 60.1 g/mol. The molecule has 0 aromatic carbocycles. The Kier molecular flexibility index (Phi) is 16.4. The molecule has 0 aromatic rings. The van der Waals surface area contributed by atoms with Gasteiger partial charge in [0.2, 0.25) is 0 Å². The van der Waals surface area contributed by atoms with Crippen LogP contribution in [0.5, 0.6) is 0 Å². The van der Waals surface area contributed by atoms with E-state index in [1.807, 2.05) is 0 Å². The van der Waals surface area contributed by atoms with Gasteiger partial charge in [0.1, 0.15) is 0 Å². The predicted octanol–water partition coefficient (Wildman–Crippen LogP) is 1.23. The van der Waals surface area contributed by atoms with E-state index >= 15 is 0 Å². The zero-order valence-electron chi connectivity index (χ0n) is 2.99. The number of rotatable bonds is 1. The van der Waals surface area contributed by atoms with Crippen LogP contribution in [-0.2, 0) is 0 Å². The lowest BCUT2D eigenvalue weighted by Gasteiger charge is -1.56. The first-order chi connectivity index (χ1) is 1.91. The van der Waals surface area contributed by atoms with E-state index in [4.69, 9.17) is 6.92 Å². The molecule has 0 bridgehead atoms. The van der Waals surface area contributed by atoms with Crippen molar-refractivity contribution in [1.82, 2.24) is 0 Å². The van der Waals surface area contributed by atoms with E-state index in [-0.39, 0.29) is 7.43 Å². The second kappa shape index (κ2) is 9.27. The summed E-state index contributed by atoms with van der Waals surface area (Å²) in [5, 5.41) is 0. The summed E-state index contributed by atoms with van der Waals surface area (Å²) < 4.78 is 0. The summed E-state index contributed by atoms with van der Waals surface area (Å²) in [7, 11) is 0. The zero-order chi connectivity index (χ0) is 3.41. The average Bonchev–Trinajstić information content (AvgIpc) is 1.37. The summed E-state index contributed by atoms with van der Waals surface area (Å²) in [6.07, 6.45) is 1.88. The molecule has 0 spiro atoms. The van der Waals surface area contributed by atoms with E-state index in [0.717, 1.165) is 0 Å². The van der Waals surface area contributed by atoms with Gasteiger partial charge < -0.3 is 0 Å². The summed E-state index contributed by atoms with van der Waals surface area (Å²) in [6, 6.07) is 0. The second-order valence-electron chi connectivity index (χ2n) is 0.493. The first kappa shape index (κ1) is 8.83. The van der Waals surface area contributed by atoms with Crippen LogP contribution < -0.4 is 0 Å². The van der Waals surface area contributed by atoms with Gasteiger partial charge in [0.05, 0.1) is 0 Å². The molecule has 0 heteroatoms. The maximum atomic E-state index is 6.33. The van der Waals surface area contributed by atoms with E-state index < -0.39 is 0 Å². The van der Waals surface area contributed by atoms with Crippen molar-refractivity contribution in [3.63, 3.8) is 0 Å². The Morgan fingerprint density at radius 3 is 2.00 bits per heavy atom. The Hall–Kier alpha value is -0.260.